The predicted octanol–water partition coefficient (Wildman–Crippen LogP) is 2.28. The first kappa shape index (κ1) is 13.0. The average Bonchev–Trinajstić information content (AvgIpc) is 2.36. The largest absolute Gasteiger partial charge is 0.479 e. The van der Waals surface area contributed by atoms with Crippen LogP contribution in [0.4, 0.5) is 0 Å². The summed E-state index contributed by atoms with van der Waals surface area (Å²) in [4.78, 5) is 11.4. The normalized spacial score (nSPS) is 11.4. The van der Waals surface area contributed by atoms with Crippen LogP contribution in [0.1, 0.15) is 25.8 Å². The van der Waals surface area contributed by atoms with E-state index in [1.54, 1.807) is 31.2 Å². The second-order valence-corrected chi connectivity index (χ2v) is 3.56. The smallest absolute Gasteiger partial charge is 0.347 e. The molecule has 1 rings (SSSR count). The van der Waals surface area contributed by atoms with E-state index in [1.807, 2.05) is 13.0 Å². The third-order valence-corrected chi connectivity index (χ3v) is 2.08. The molecule has 0 aromatic heterocycles. The summed E-state index contributed by atoms with van der Waals surface area (Å²) in [6, 6.07) is 8.60. The molecule has 17 heavy (non-hydrogen) atoms. The summed E-state index contributed by atoms with van der Waals surface area (Å²) in [5.41, 5.74) is 0.554. The molecule has 0 saturated heterocycles. The molecular formula is C13H15NO3. The molecule has 0 saturated carbocycles. The Bertz CT molecular complexity index is 406. The predicted molar refractivity (Wildman–Crippen MR) is 62.5 cm³/mol. The zero-order valence-electron chi connectivity index (χ0n) is 9.97. The van der Waals surface area contributed by atoms with E-state index in [1.165, 1.54) is 0 Å². The van der Waals surface area contributed by atoms with Gasteiger partial charge in [0.25, 0.3) is 0 Å². The van der Waals surface area contributed by atoms with E-state index in [4.69, 9.17) is 14.7 Å². The van der Waals surface area contributed by atoms with Gasteiger partial charge in [-0.1, -0.05) is 6.92 Å². The molecule has 0 aliphatic carbocycles. The van der Waals surface area contributed by atoms with Gasteiger partial charge in [-0.2, -0.15) is 5.26 Å². The van der Waals surface area contributed by atoms with Crippen molar-refractivity contribution in [3.05, 3.63) is 29.8 Å². The van der Waals surface area contributed by atoms with E-state index in [-0.39, 0.29) is 5.97 Å². The Morgan fingerprint density at radius 2 is 2.06 bits per heavy atom. The Kier molecular flexibility index (Phi) is 5.02. The molecule has 4 nitrogen and oxygen atoms in total. The highest BCUT2D eigenvalue weighted by Crippen LogP contribution is 2.13. The fourth-order valence-corrected chi connectivity index (χ4v) is 1.18. The van der Waals surface area contributed by atoms with Gasteiger partial charge in [-0.15, -0.1) is 0 Å². The summed E-state index contributed by atoms with van der Waals surface area (Å²) in [6.45, 7) is 3.97. The van der Waals surface area contributed by atoms with Crippen molar-refractivity contribution in [1.29, 1.82) is 5.26 Å². The summed E-state index contributed by atoms with van der Waals surface area (Å²) in [7, 11) is 0. The highest BCUT2D eigenvalue weighted by atomic mass is 16.6. The van der Waals surface area contributed by atoms with Crippen molar-refractivity contribution in [2.24, 2.45) is 0 Å². The molecule has 0 spiro atoms. The van der Waals surface area contributed by atoms with Crippen LogP contribution in [0.5, 0.6) is 5.75 Å². The maximum atomic E-state index is 11.4. The summed E-state index contributed by atoms with van der Waals surface area (Å²) in [5.74, 6) is 0.168. The maximum Gasteiger partial charge on any atom is 0.347 e. The van der Waals surface area contributed by atoms with Crippen molar-refractivity contribution >= 4 is 5.97 Å². The number of rotatable bonds is 5. The van der Waals surface area contributed by atoms with E-state index < -0.39 is 6.10 Å². The highest BCUT2D eigenvalue weighted by molar-refractivity contribution is 5.74. The Morgan fingerprint density at radius 3 is 2.59 bits per heavy atom. The lowest BCUT2D eigenvalue weighted by Gasteiger charge is -2.13. The molecule has 0 aliphatic heterocycles. The first-order chi connectivity index (χ1) is 8.17. The molecule has 1 aromatic rings. The summed E-state index contributed by atoms with van der Waals surface area (Å²) in [5, 5.41) is 8.63. The number of benzene rings is 1. The van der Waals surface area contributed by atoms with Crippen LogP contribution in [0.3, 0.4) is 0 Å². The number of ether oxygens (including phenoxy) is 2. The highest BCUT2D eigenvalue weighted by Gasteiger charge is 2.15. The second-order valence-electron chi connectivity index (χ2n) is 3.56. The molecule has 4 heteroatoms. The van der Waals surface area contributed by atoms with E-state index in [2.05, 4.69) is 0 Å². The van der Waals surface area contributed by atoms with E-state index in [0.29, 0.717) is 17.9 Å². The topological polar surface area (TPSA) is 59.3 Å². The van der Waals surface area contributed by atoms with Crippen molar-refractivity contribution in [2.45, 2.75) is 26.4 Å². The van der Waals surface area contributed by atoms with E-state index >= 15 is 0 Å². The number of nitrogens with zero attached hydrogens (tertiary/aromatic N) is 1. The molecule has 0 radical (unpaired) electrons. The molecule has 0 bridgehead atoms. The van der Waals surface area contributed by atoms with Gasteiger partial charge in [-0.3, -0.25) is 0 Å². The Labute approximate surface area is 101 Å². The van der Waals surface area contributed by atoms with Gasteiger partial charge in [0.15, 0.2) is 6.10 Å². The van der Waals surface area contributed by atoms with Crippen LogP contribution in [-0.4, -0.2) is 18.7 Å². The van der Waals surface area contributed by atoms with Crippen LogP contribution in [0.25, 0.3) is 0 Å². The van der Waals surface area contributed by atoms with Crippen LogP contribution in [0.15, 0.2) is 24.3 Å². The molecule has 0 amide bonds. The van der Waals surface area contributed by atoms with Crippen molar-refractivity contribution in [1.82, 2.24) is 0 Å². The number of nitriles is 1. The lowest BCUT2D eigenvalue weighted by atomic mass is 10.2. The van der Waals surface area contributed by atoms with E-state index in [0.717, 1.165) is 6.42 Å². The Balaban J connectivity index is 2.52. The van der Waals surface area contributed by atoms with Crippen LogP contribution in [-0.2, 0) is 9.53 Å². The molecule has 1 unspecified atom stereocenters. The maximum absolute atomic E-state index is 11.4. The monoisotopic (exact) mass is 233 g/mol. The van der Waals surface area contributed by atoms with Crippen molar-refractivity contribution in [3.8, 4) is 11.8 Å². The van der Waals surface area contributed by atoms with Gasteiger partial charge in [0.2, 0.25) is 0 Å². The zero-order chi connectivity index (χ0) is 12.7. The van der Waals surface area contributed by atoms with Crippen molar-refractivity contribution in [2.75, 3.05) is 6.61 Å². The lowest BCUT2D eigenvalue weighted by molar-refractivity contribution is -0.151. The van der Waals surface area contributed by atoms with Gasteiger partial charge >= 0.3 is 5.97 Å². The summed E-state index contributed by atoms with van der Waals surface area (Å²) in [6.07, 6.45) is 0.143. The number of carbonyl (C=O) groups is 1. The van der Waals surface area contributed by atoms with E-state index in [9.17, 15) is 4.79 Å². The van der Waals surface area contributed by atoms with Gasteiger partial charge in [0, 0.05) is 0 Å². The van der Waals surface area contributed by atoms with Gasteiger partial charge in [0.1, 0.15) is 5.75 Å². The zero-order valence-corrected chi connectivity index (χ0v) is 9.97. The third kappa shape index (κ3) is 4.15. The summed E-state index contributed by atoms with van der Waals surface area (Å²) < 4.78 is 10.3. The Morgan fingerprint density at radius 1 is 1.41 bits per heavy atom. The molecule has 1 aromatic carbocycles. The fraction of sp³-hybridized carbons (Fsp3) is 0.385. The minimum Gasteiger partial charge on any atom is -0.479 e. The molecule has 1 atom stereocenters. The van der Waals surface area contributed by atoms with Gasteiger partial charge in [-0.25, -0.2) is 4.79 Å². The minimum atomic E-state index is -0.644. The molecule has 0 aliphatic rings. The van der Waals surface area contributed by atoms with Crippen molar-refractivity contribution in [3.63, 3.8) is 0 Å². The fourth-order valence-electron chi connectivity index (χ4n) is 1.18. The molecule has 90 valence electrons. The van der Waals surface area contributed by atoms with Gasteiger partial charge < -0.3 is 9.47 Å². The quantitative estimate of drug-likeness (QED) is 0.732. The van der Waals surface area contributed by atoms with Crippen LogP contribution >= 0.6 is 0 Å². The standard InChI is InChI=1S/C13H15NO3/c1-3-8-16-13(15)10(2)17-12-6-4-11(9-14)5-7-12/h4-7,10H,3,8H2,1-2H3. The molecular weight excluding hydrogens is 218 g/mol. The lowest BCUT2D eigenvalue weighted by Crippen LogP contribution is -2.26. The first-order valence-corrected chi connectivity index (χ1v) is 5.50. The van der Waals surface area contributed by atoms with Gasteiger partial charge in [-0.05, 0) is 37.6 Å². The number of hydrogen-bond donors (Lipinski definition) is 0. The number of carbonyl (C=O) groups excluding carboxylic acids is 1. The third-order valence-electron chi connectivity index (χ3n) is 2.08. The Hall–Kier alpha value is -2.02. The van der Waals surface area contributed by atoms with Crippen LogP contribution in [0, 0.1) is 11.3 Å². The number of esters is 1. The number of hydrogen-bond acceptors (Lipinski definition) is 4. The summed E-state index contributed by atoms with van der Waals surface area (Å²) >= 11 is 0. The van der Waals surface area contributed by atoms with Crippen LogP contribution in [0.2, 0.25) is 0 Å². The molecule has 0 N–H and O–H groups in total. The second kappa shape index (κ2) is 6.54. The minimum absolute atomic E-state index is 0.379. The van der Waals surface area contributed by atoms with Crippen molar-refractivity contribution < 1.29 is 14.3 Å². The van der Waals surface area contributed by atoms with Crippen LogP contribution < -0.4 is 4.74 Å². The van der Waals surface area contributed by atoms with Gasteiger partial charge in [0.05, 0.1) is 18.2 Å². The first-order valence-electron chi connectivity index (χ1n) is 5.50. The average molecular weight is 233 g/mol. The molecule has 0 fully saturated rings. The SMILES string of the molecule is CCCOC(=O)C(C)Oc1ccc(C#N)cc1. The molecule has 0 heterocycles.